The second-order valence-corrected chi connectivity index (χ2v) is 3.21. The molecule has 0 atom stereocenters. The van der Waals surface area contributed by atoms with E-state index in [4.69, 9.17) is 11.6 Å². The van der Waals surface area contributed by atoms with Crippen LogP contribution < -0.4 is 0 Å². The number of hydrogen-bond donors (Lipinski definition) is 0. The number of rotatable bonds is 1. The molecule has 0 fully saturated rings. The van der Waals surface area contributed by atoms with Gasteiger partial charge in [-0.2, -0.15) is 0 Å². The van der Waals surface area contributed by atoms with Crippen LogP contribution in [0.4, 0.5) is 8.78 Å². The van der Waals surface area contributed by atoms with Crippen LogP contribution in [-0.4, -0.2) is 9.97 Å². The van der Waals surface area contributed by atoms with Gasteiger partial charge in [0.1, 0.15) is 16.8 Å². The van der Waals surface area contributed by atoms with E-state index in [1.807, 2.05) is 0 Å². The molecule has 0 amide bonds. The molecule has 2 rings (SSSR count). The highest BCUT2D eigenvalue weighted by Gasteiger charge is 2.09. The van der Waals surface area contributed by atoms with Crippen molar-refractivity contribution in [2.24, 2.45) is 0 Å². The lowest BCUT2D eigenvalue weighted by Gasteiger charge is -2.01. The van der Waals surface area contributed by atoms with Crippen molar-refractivity contribution < 1.29 is 8.78 Å². The normalized spacial score (nSPS) is 10.3. The maximum atomic E-state index is 13.3. The van der Waals surface area contributed by atoms with Gasteiger partial charge >= 0.3 is 0 Å². The van der Waals surface area contributed by atoms with Crippen molar-refractivity contribution in [3.8, 4) is 11.4 Å². The van der Waals surface area contributed by atoms with E-state index < -0.39 is 11.6 Å². The molecule has 0 unspecified atom stereocenters. The van der Waals surface area contributed by atoms with Crippen molar-refractivity contribution in [1.82, 2.24) is 9.97 Å². The lowest BCUT2D eigenvalue weighted by atomic mass is 10.2. The summed E-state index contributed by atoms with van der Waals surface area (Å²) in [5, 5.41) is 0.184. The molecule has 76 valence electrons. The number of halogens is 3. The molecule has 0 bridgehead atoms. The number of aromatic nitrogens is 2. The minimum Gasteiger partial charge on any atom is -0.236 e. The van der Waals surface area contributed by atoms with Crippen LogP contribution in [-0.2, 0) is 0 Å². The maximum Gasteiger partial charge on any atom is 0.163 e. The summed E-state index contributed by atoms with van der Waals surface area (Å²) in [4.78, 5) is 7.60. The minimum atomic E-state index is -0.585. The fourth-order valence-electron chi connectivity index (χ4n) is 1.14. The Hall–Kier alpha value is -1.55. The largest absolute Gasteiger partial charge is 0.236 e. The van der Waals surface area contributed by atoms with Gasteiger partial charge in [0.25, 0.3) is 0 Å². The van der Waals surface area contributed by atoms with Crippen molar-refractivity contribution in [2.75, 3.05) is 0 Å². The van der Waals surface area contributed by atoms with Crippen molar-refractivity contribution in [3.05, 3.63) is 47.2 Å². The van der Waals surface area contributed by atoms with Crippen LogP contribution in [0.15, 0.2) is 30.5 Å². The van der Waals surface area contributed by atoms with Crippen LogP contribution in [0, 0.1) is 11.6 Å². The first kappa shape index (κ1) is 9.98. The third-order valence-corrected chi connectivity index (χ3v) is 2.00. The predicted octanol–water partition coefficient (Wildman–Crippen LogP) is 3.08. The third kappa shape index (κ3) is 2.10. The highest BCUT2D eigenvalue weighted by atomic mass is 35.5. The van der Waals surface area contributed by atoms with Crippen molar-refractivity contribution >= 4 is 11.6 Å². The van der Waals surface area contributed by atoms with E-state index in [2.05, 4.69) is 9.97 Å². The van der Waals surface area contributed by atoms with Gasteiger partial charge in [-0.25, -0.2) is 18.7 Å². The first-order valence-corrected chi connectivity index (χ1v) is 4.48. The lowest BCUT2D eigenvalue weighted by molar-refractivity contribution is 0.602. The average Bonchev–Trinajstić information content (AvgIpc) is 2.22. The SMILES string of the molecule is Fc1ccc(F)c(-c2nccc(Cl)n2)c1. The van der Waals surface area contributed by atoms with E-state index in [0.717, 1.165) is 18.2 Å². The van der Waals surface area contributed by atoms with Gasteiger partial charge in [0.15, 0.2) is 5.82 Å². The van der Waals surface area contributed by atoms with E-state index >= 15 is 0 Å². The Morgan fingerprint density at radius 2 is 1.93 bits per heavy atom. The maximum absolute atomic E-state index is 13.3. The Morgan fingerprint density at radius 1 is 1.13 bits per heavy atom. The van der Waals surface area contributed by atoms with Crippen molar-refractivity contribution in [2.45, 2.75) is 0 Å². The van der Waals surface area contributed by atoms with E-state index in [-0.39, 0.29) is 16.5 Å². The van der Waals surface area contributed by atoms with E-state index in [1.165, 1.54) is 12.3 Å². The molecule has 0 saturated carbocycles. The molecule has 1 heterocycles. The van der Waals surface area contributed by atoms with Gasteiger partial charge in [0.05, 0.1) is 5.56 Å². The first-order chi connectivity index (χ1) is 7.16. The monoisotopic (exact) mass is 226 g/mol. The first-order valence-electron chi connectivity index (χ1n) is 4.11. The smallest absolute Gasteiger partial charge is 0.163 e. The summed E-state index contributed by atoms with van der Waals surface area (Å²) in [6.07, 6.45) is 1.38. The van der Waals surface area contributed by atoms with Crippen LogP contribution in [0.3, 0.4) is 0 Å². The number of benzene rings is 1. The fraction of sp³-hybridized carbons (Fsp3) is 0. The van der Waals surface area contributed by atoms with Gasteiger partial charge in [-0.1, -0.05) is 11.6 Å². The standard InChI is InChI=1S/C10H5ClF2N2/c11-9-3-4-14-10(15-9)7-5-6(12)1-2-8(7)13/h1-5H. The molecule has 0 aliphatic heterocycles. The zero-order valence-electron chi connectivity index (χ0n) is 7.42. The van der Waals surface area contributed by atoms with E-state index in [0.29, 0.717) is 0 Å². The van der Waals surface area contributed by atoms with Gasteiger partial charge in [-0.15, -0.1) is 0 Å². The molecule has 15 heavy (non-hydrogen) atoms. The molecular weight excluding hydrogens is 222 g/mol. The van der Waals surface area contributed by atoms with Gasteiger partial charge < -0.3 is 0 Å². The average molecular weight is 227 g/mol. The molecule has 2 nitrogen and oxygen atoms in total. The zero-order chi connectivity index (χ0) is 10.8. The second-order valence-electron chi connectivity index (χ2n) is 2.83. The summed E-state index contributed by atoms with van der Waals surface area (Å²) < 4.78 is 26.2. The van der Waals surface area contributed by atoms with Crippen molar-refractivity contribution in [3.63, 3.8) is 0 Å². The molecular formula is C10H5ClF2N2. The van der Waals surface area contributed by atoms with E-state index in [9.17, 15) is 8.78 Å². The topological polar surface area (TPSA) is 25.8 Å². The molecule has 0 aliphatic rings. The molecule has 1 aromatic carbocycles. The summed E-state index contributed by atoms with van der Waals surface area (Å²) in [7, 11) is 0. The van der Waals surface area contributed by atoms with Crippen molar-refractivity contribution in [1.29, 1.82) is 0 Å². The number of hydrogen-bond acceptors (Lipinski definition) is 2. The summed E-state index contributed by atoms with van der Waals surface area (Å²) in [5.74, 6) is -1.06. The van der Waals surface area contributed by atoms with Crippen LogP contribution >= 0.6 is 11.6 Å². The zero-order valence-corrected chi connectivity index (χ0v) is 8.17. The fourth-order valence-corrected chi connectivity index (χ4v) is 1.27. The van der Waals surface area contributed by atoms with Crippen LogP contribution in [0.2, 0.25) is 5.15 Å². The van der Waals surface area contributed by atoms with Crippen LogP contribution in [0.1, 0.15) is 0 Å². The molecule has 0 aliphatic carbocycles. The third-order valence-electron chi connectivity index (χ3n) is 1.79. The highest BCUT2D eigenvalue weighted by Crippen LogP contribution is 2.20. The van der Waals surface area contributed by atoms with E-state index in [1.54, 1.807) is 0 Å². The molecule has 5 heteroatoms. The second kappa shape index (κ2) is 3.90. The van der Waals surface area contributed by atoms with Crippen LogP contribution in [0.25, 0.3) is 11.4 Å². The molecule has 0 spiro atoms. The van der Waals surface area contributed by atoms with Gasteiger partial charge in [0, 0.05) is 6.20 Å². The highest BCUT2D eigenvalue weighted by molar-refractivity contribution is 6.29. The number of nitrogens with zero attached hydrogens (tertiary/aromatic N) is 2. The quantitative estimate of drug-likeness (QED) is 0.699. The Bertz CT molecular complexity index is 503. The Morgan fingerprint density at radius 3 is 2.67 bits per heavy atom. The Labute approximate surface area is 89.6 Å². The Balaban J connectivity index is 2.58. The molecule has 0 radical (unpaired) electrons. The molecule has 2 aromatic rings. The summed E-state index contributed by atoms with van der Waals surface area (Å²) in [6, 6.07) is 4.54. The lowest BCUT2D eigenvalue weighted by Crippen LogP contribution is -1.92. The van der Waals surface area contributed by atoms with Crippen LogP contribution in [0.5, 0.6) is 0 Å². The molecule has 1 aromatic heterocycles. The summed E-state index contributed by atoms with van der Waals surface area (Å²) >= 11 is 5.62. The molecule has 0 saturated heterocycles. The molecule has 0 N–H and O–H groups in total. The van der Waals surface area contributed by atoms with Gasteiger partial charge in [0.2, 0.25) is 0 Å². The van der Waals surface area contributed by atoms with Gasteiger partial charge in [-0.3, -0.25) is 0 Å². The summed E-state index contributed by atoms with van der Waals surface area (Å²) in [6.45, 7) is 0. The Kier molecular flexibility index (Phi) is 2.60. The minimum absolute atomic E-state index is 0.00231. The van der Waals surface area contributed by atoms with Gasteiger partial charge in [-0.05, 0) is 24.3 Å². The predicted molar refractivity (Wildman–Crippen MR) is 52.4 cm³/mol. The summed E-state index contributed by atoms with van der Waals surface area (Å²) in [5.41, 5.74) is -0.00231.